The number of allylic oxidation sites excluding steroid dienone is 3. The van der Waals surface area contributed by atoms with E-state index in [-0.39, 0.29) is 12.8 Å². The third-order valence-corrected chi connectivity index (χ3v) is 2.89. The summed E-state index contributed by atoms with van der Waals surface area (Å²) in [6, 6.07) is 0. The quantitative estimate of drug-likeness (QED) is 0.182. The van der Waals surface area contributed by atoms with Crippen molar-refractivity contribution in [2.75, 3.05) is 27.7 Å². The first kappa shape index (κ1) is 21.9. The Morgan fingerprint density at radius 2 is 1.83 bits per heavy atom. The van der Waals surface area contributed by atoms with Crippen LogP contribution in [0.2, 0.25) is 0 Å². The Bertz CT molecular complexity index is 476. The maximum Gasteiger partial charge on any atom is 0.327 e. The molecule has 0 aliphatic carbocycles. The van der Waals surface area contributed by atoms with Crippen LogP contribution in [0.15, 0.2) is 24.3 Å². The van der Waals surface area contributed by atoms with Crippen molar-refractivity contribution in [2.24, 2.45) is 0 Å². The Morgan fingerprint density at radius 3 is 2.38 bits per heavy atom. The largest absolute Gasteiger partial charge is 0.550 e. The molecule has 0 radical (unpaired) electrons. The van der Waals surface area contributed by atoms with Gasteiger partial charge in [0.05, 0.1) is 21.1 Å². The minimum absolute atomic E-state index is 0.204. The monoisotopic (exact) mass is 341 g/mol. The highest BCUT2D eigenvalue weighted by atomic mass is 16.5. The van der Waals surface area contributed by atoms with E-state index in [1.807, 2.05) is 33.3 Å². The number of esters is 1. The van der Waals surface area contributed by atoms with Gasteiger partial charge < -0.3 is 24.2 Å². The number of unbranched alkanes of at least 4 members (excludes halogenated alkanes) is 1. The van der Waals surface area contributed by atoms with Gasteiger partial charge in [-0.25, -0.2) is 4.79 Å². The Hall–Kier alpha value is -2.15. The number of carboxylic acid groups (broad SMARTS) is 2. The van der Waals surface area contributed by atoms with Crippen molar-refractivity contribution < 1.29 is 33.8 Å². The molecule has 0 saturated heterocycles. The van der Waals surface area contributed by atoms with Crippen molar-refractivity contribution in [3.05, 3.63) is 24.3 Å². The molecule has 7 heteroatoms. The van der Waals surface area contributed by atoms with Crippen molar-refractivity contribution in [1.29, 1.82) is 0 Å². The number of hydrogen-bond donors (Lipinski definition) is 1. The second-order valence-electron chi connectivity index (χ2n) is 6.50. The fraction of sp³-hybridized carbons (Fsp3) is 0.588. The Balaban J connectivity index is 4.09. The summed E-state index contributed by atoms with van der Waals surface area (Å²) >= 11 is 0. The SMILES string of the molecule is C[N+](C)(C)CC(CC(=O)[O-])OC(=O)CCC/C=C/C/C=C/C(=O)O. The maximum atomic E-state index is 11.8. The molecule has 1 N–H and O–H groups in total. The van der Waals surface area contributed by atoms with Crippen LogP contribution < -0.4 is 5.11 Å². The number of aliphatic carboxylic acids is 2. The fourth-order valence-corrected chi connectivity index (χ4v) is 2.01. The summed E-state index contributed by atoms with van der Waals surface area (Å²) in [5.41, 5.74) is 0. The number of likely N-dealkylation sites (N-methyl/N-ethyl adjacent to an activating group) is 1. The summed E-state index contributed by atoms with van der Waals surface area (Å²) in [4.78, 5) is 32.8. The van der Waals surface area contributed by atoms with Gasteiger partial charge in [-0.1, -0.05) is 18.2 Å². The molecular weight excluding hydrogens is 314 g/mol. The second-order valence-corrected chi connectivity index (χ2v) is 6.50. The first-order valence-electron chi connectivity index (χ1n) is 7.84. The molecular formula is C17H27NO6. The average molecular weight is 341 g/mol. The van der Waals surface area contributed by atoms with Crippen LogP contribution in [0.4, 0.5) is 0 Å². The van der Waals surface area contributed by atoms with Gasteiger partial charge in [0, 0.05) is 24.9 Å². The number of carboxylic acids is 2. The lowest BCUT2D eigenvalue weighted by Crippen LogP contribution is -2.45. The molecule has 136 valence electrons. The van der Waals surface area contributed by atoms with Gasteiger partial charge in [0.15, 0.2) is 6.10 Å². The van der Waals surface area contributed by atoms with E-state index in [0.29, 0.717) is 30.3 Å². The first-order valence-corrected chi connectivity index (χ1v) is 7.84. The average Bonchev–Trinajstić information content (AvgIpc) is 2.38. The number of ether oxygens (including phenoxy) is 1. The smallest absolute Gasteiger partial charge is 0.327 e. The summed E-state index contributed by atoms with van der Waals surface area (Å²) in [7, 11) is 5.67. The van der Waals surface area contributed by atoms with Crippen molar-refractivity contribution in [3.8, 4) is 0 Å². The van der Waals surface area contributed by atoms with E-state index in [0.717, 1.165) is 6.08 Å². The first-order chi connectivity index (χ1) is 11.1. The van der Waals surface area contributed by atoms with Gasteiger partial charge in [0.2, 0.25) is 0 Å². The topological polar surface area (TPSA) is 104 Å². The van der Waals surface area contributed by atoms with Gasteiger partial charge in [0.25, 0.3) is 0 Å². The van der Waals surface area contributed by atoms with E-state index >= 15 is 0 Å². The van der Waals surface area contributed by atoms with E-state index in [4.69, 9.17) is 9.84 Å². The molecule has 0 saturated carbocycles. The van der Waals surface area contributed by atoms with E-state index in [2.05, 4.69) is 0 Å². The molecule has 1 unspecified atom stereocenters. The van der Waals surface area contributed by atoms with Crippen LogP contribution in [-0.4, -0.2) is 61.3 Å². The molecule has 0 aromatic rings. The van der Waals surface area contributed by atoms with Crippen LogP contribution in [0.3, 0.4) is 0 Å². The number of carbonyl (C=O) groups excluding carboxylic acids is 2. The van der Waals surface area contributed by atoms with Crippen LogP contribution in [0.5, 0.6) is 0 Å². The lowest BCUT2D eigenvalue weighted by molar-refractivity contribution is -0.873. The highest BCUT2D eigenvalue weighted by Crippen LogP contribution is 2.08. The molecule has 0 bridgehead atoms. The van der Waals surface area contributed by atoms with Crippen LogP contribution >= 0.6 is 0 Å². The normalized spacial score (nSPS) is 13.3. The Kier molecular flexibility index (Phi) is 10.4. The number of hydrogen-bond acceptors (Lipinski definition) is 5. The molecule has 0 amide bonds. The van der Waals surface area contributed by atoms with Crippen LogP contribution in [0.1, 0.15) is 32.1 Å². The second kappa shape index (κ2) is 11.4. The number of rotatable bonds is 12. The molecule has 1 atom stereocenters. The molecule has 0 aromatic heterocycles. The summed E-state index contributed by atoms with van der Waals surface area (Å²) in [5.74, 6) is -2.64. The standard InChI is InChI=1S/C17H27NO6/c1-18(2,3)13-14(12-16(21)22)24-17(23)11-9-7-5-4-6-8-10-15(19)20/h4-5,8,10,14H,6-7,9,11-13H2,1-3H3,(H-,19,20,21,22)/b5-4+,10-8+. The van der Waals surface area contributed by atoms with Crippen molar-refractivity contribution in [1.82, 2.24) is 0 Å². The van der Waals surface area contributed by atoms with Crippen molar-refractivity contribution in [3.63, 3.8) is 0 Å². The molecule has 0 spiro atoms. The van der Waals surface area contributed by atoms with Gasteiger partial charge >= 0.3 is 11.9 Å². The summed E-state index contributed by atoms with van der Waals surface area (Å²) in [6.45, 7) is 0.398. The van der Waals surface area contributed by atoms with Crippen molar-refractivity contribution >= 4 is 17.9 Å². The third kappa shape index (κ3) is 14.8. The van der Waals surface area contributed by atoms with Crippen molar-refractivity contribution in [2.45, 2.75) is 38.2 Å². The molecule has 0 rings (SSSR count). The van der Waals surface area contributed by atoms with E-state index in [9.17, 15) is 19.5 Å². The van der Waals surface area contributed by atoms with E-state index < -0.39 is 24.0 Å². The number of carbonyl (C=O) groups is 3. The van der Waals surface area contributed by atoms with Crippen LogP contribution in [0.25, 0.3) is 0 Å². The van der Waals surface area contributed by atoms with Gasteiger partial charge in [-0.05, 0) is 19.3 Å². The number of quaternary nitrogens is 1. The lowest BCUT2D eigenvalue weighted by Gasteiger charge is -2.29. The fourth-order valence-electron chi connectivity index (χ4n) is 2.01. The predicted molar refractivity (Wildman–Crippen MR) is 86.8 cm³/mol. The lowest BCUT2D eigenvalue weighted by atomic mass is 10.2. The Morgan fingerprint density at radius 1 is 1.17 bits per heavy atom. The summed E-state index contributed by atoms with van der Waals surface area (Å²) in [6.07, 6.45) is 7.26. The zero-order valence-electron chi connectivity index (χ0n) is 14.6. The molecule has 24 heavy (non-hydrogen) atoms. The highest BCUT2D eigenvalue weighted by Gasteiger charge is 2.22. The van der Waals surface area contributed by atoms with Crippen LogP contribution in [-0.2, 0) is 19.1 Å². The molecule has 0 aliphatic heterocycles. The molecule has 0 fully saturated rings. The van der Waals surface area contributed by atoms with Gasteiger partial charge in [-0.15, -0.1) is 0 Å². The predicted octanol–water partition coefficient (Wildman–Crippen LogP) is 0.502. The molecule has 7 nitrogen and oxygen atoms in total. The number of nitrogens with zero attached hydrogens (tertiary/aromatic N) is 1. The minimum atomic E-state index is -1.24. The molecule has 0 heterocycles. The minimum Gasteiger partial charge on any atom is -0.550 e. The summed E-state index contributed by atoms with van der Waals surface area (Å²) < 4.78 is 5.72. The zero-order valence-corrected chi connectivity index (χ0v) is 14.6. The van der Waals surface area contributed by atoms with Gasteiger partial charge in [-0.3, -0.25) is 4.79 Å². The Labute approximate surface area is 142 Å². The zero-order chi connectivity index (χ0) is 18.6. The van der Waals surface area contributed by atoms with Crippen LogP contribution in [0, 0.1) is 0 Å². The van der Waals surface area contributed by atoms with Gasteiger partial charge in [-0.2, -0.15) is 0 Å². The third-order valence-electron chi connectivity index (χ3n) is 2.89. The van der Waals surface area contributed by atoms with E-state index in [1.54, 1.807) is 0 Å². The highest BCUT2D eigenvalue weighted by molar-refractivity contribution is 5.79. The summed E-state index contributed by atoms with van der Waals surface area (Å²) in [5, 5.41) is 19.2. The maximum absolute atomic E-state index is 11.8. The molecule has 0 aliphatic rings. The van der Waals surface area contributed by atoms with E-state index in [1.165, 1.54) is 6.08 Å². The van der Waals surface area contributed by atoms with Gasteiger partial charge in [0.1, 0.15) is 6.54 Å². The molecule has 0 aromatic carbocycles.